The Morgan fingerprint density at radius 3 is 2.27 bits per heavy atom. The van der Waals surface area contributed by atoms with Crippen molar-refractivity contribution in [2.45, 2.75) is 44.8 Å². The van der Waals surface area contributed by atoms with Gasteiger partial charge in [-0.25, -0.2) is 0 Å². The van der Waals surface area contributed by atoms with E-state index in [0.29, 0.717) is 17.1 Å². The highest BCUT2D eigenvalue weighted by atomic mass is 16.5. The van der Waals surface area contributed by atoms with Crippen molar-refractivity contribution in [3.63, 3.8) is 0 Å². The van der Waals surface area contributed by atoms with Crippen LogP contribution in [0.5, 0.6) is 11.5 Å². The van der Waals surface area contributed by atoms with Gasteiger partial charge in [-0.15, -0.1) is 0 Å². The van der Waals surface area contributed by atoms with Crippen LogP contribution in [0.2, 0.25) is 0 Å². The molecule has 0 aliphatic heterocycles. The van der Waals surface area contributed by atoms with Gasteiger partial charge in [0.15, 0.2) is 6.10 Å². The van der Waals surface area contributed by atoms with Gasteiger partial charge in [-0.05, 0) is 56.2 Å². The molecule has 1 aliphatic rings. The summed E-state index contributed by atoms with van der Waals surface area (Å²) in [6.45, 7) is 1.21. The molecule has 0 bridgehead atoms. The number of esters is 1. The standard InChI is InChI=1S/C23H26N2O5/c1-16(22(27)25-18-7-5-6-8-18)29-21(26)15-24-23(28)17-11-13-20(14-12-17)30-19-9-3-2-4-10-19/h2-4,9-14,16,18H,5-8,15H2,1H3,(H,24,28)(H,25,27)/t16-/m0/s1. The quantitative estimate of drug-likeness (QED) is 0.652. The fourth-order valence-electron chi connectivity index (χ4n) is 3.23. The van der Waals surface area contributed by atoms with Crippen molar-refractivity contribution in [2.24, 2.45) is 0 Å². The molecular weight excluding hydrogens is 384 g/mol. The van der Waals surface area contributed by atoms with E-state index >= 15 is 0 Å². The molecule has 3 rings (SSSR count). The number of carbonyl (C=O) groups is 3. The maximum atomic E-state index is 12.2. The molecule has 2 aromatic rings. The van der Waals surface area contributed by atoms with E-state index in [9.17, 15) is 14.4 Å². The Hall–Kier alpha value is -3.35. The molecule has 1 atom stereocenters. The minimum absolute atomic E-state index is 0.159. The minimum atomic E-state index is -0.899. The Labute approximate surface area is 175 Å². The van der Waals surface area contributed by atoms with Crippen LogP contribution in [-0.4, -0.2) is 36.5 Å². The Morgan fingerprint density at radius 2 is 1.60 bits per heavy atom. The number of rotatable bonds is 8. The smallest absolute Gasteiger partial charge is 0.326 e. The number of benzene rings is 2. The first-order valence-electron chi connectivity index (χ1n) is 10.1. The third-order valence-corrected chi connectivity index (χ3v) is 4.87. The molecule has 1 aliphatic carbocycles. The van der Waals surface area contributed by atoms with Crippen molar-refractivity contribution in [1.29, 1.82) is 0 Å². The summed E-state index contributed by atoms with van der Waals surface area (Å²) in [5.74, 6) is -0.0962. The normalized spacial score (nSPS) is 14.6. The lowest BCUT2D eigenvalue weighted by Crippen LogP contribution is -2.42. The van der Waals surface area contributed by atoms with Gasteiger partial charge in [-0.1, -0.05) is 31.0 Å². The topological polar surface area (TPSA) is 93.7 Å². The van der Waals surface area contributed by atoms with Crippen LogP contribution in [-0.2, 0) is 14.3 Å². The zero-order valence-electron chi connectivity index (χ0n) is 16.9. The first-order valence-corrected chi connectivity index (χ1v) is 10.1. The van der Waals surface area contributed by atoms with Crippen LogP contribution in [0.3, 0.4) is 0 Å². The molecule has 0 heterocycles. The third kappa shape index (κ3) is 6.34. The Kier molecular flexibility index (Phi) is 7.43. The molecule has 1 fully saturated rings. The average Bonchev–Trinajstić information content (AvgIpc) is 3.26. The van der Waals surface area contributed by atoms with Crippen LogP contribution in [0.4, 0.5) is 0 Å². The average molecular weight is 410 g/mol. The minimum Gasteiger partial charge on any atom is -0.457 e. The van der Waals surface area contributed by atoms with Gasteiger partial charge in [0.05, 0.1) is 0 Å². The maximum Gasteiger partial charge on any atom is 0.326 e. The summed E-state index contributed by atoms with van der Waals surface area (Å²) in [7, 11) is 0. The zero-order chi connectivity index (χ0) is 21.3. The molecule has 0 radical (unpaired) electrons. The van der Waals surface area contributed by atoms with Gasteiger partial charge in [0, 0.05) is 11.6 Å². The van der Waals surface area contributed by atoms with Crippen LogP contribution in [0.1, 0.15) is 43.0 Å². The van der Waals surface area contributed by atoms with E-state index in [1.54, 1.807) is 24.3 Å². The molecule has 7 nitrogen and oxygen atoms in total. The summed E-state index contributed by atoms with van der Waals surface area (Å²) in [5.41, 5.74) is 0.384. The number of para-hydroxylation sites is 1. The zero-order valence-corrected chi connectivity index (χ0v) is 16.9. The molecule has 0 unspecified atom stereocenters. The van der Waals surface area contributed by atoms with E-state index in [-0.39, 0.29) is 18.5 Å². The molecule has 2 aromatic carbocycles. The number of amides is 2. The second-order valence-corrected chi connectivity index (χ2v) is 7.24. The summed E-state index contributed by atoms with van der Waals surface area (Å²) in [5, 5.41) is 5.38. The highest BCUT2D eigenvalue weighted by Gasteiger charge is 2.23. The van der Waals surface area contributed by atoms with Crippen LogP contribution in [0.15, 0.2) is 54.6 Å². The molecule has 7 heteroatoms. The van der Waals surface area contributed by atoms with Crippen LogP contribution < -0.4 is 15.4 Å². The lowest BCUT2D eigenvalue weighted by atomic mass is 10.2. The van der Waals surface area contributed by atoms with Crippen LogP contribution in [0.25, 0.3) is 0 Å². The number of hydrogen-bond acceptors (Lipinski definition) is 5. The van der Waals surface area contributed by atoms with E-state index in [4.69, 9.17) is 9.47 Å². The predicted octanol–water partition coefficient (Wildman–Crippen LogP) is 3.20. The lowest BCUT2D eigenvalue weighted by molar-refractivity contribution is -0.154. The Balaban J connectivity index is 1.41. The molecule has 2 N–H and O–H groups in total. The molecule has 2 amide bonds. The van der Waals surface area contributed by atoms with E-state index in [1.165, 1.54) is 6.92 Å². The van der Waals surface area contributed by atoms with Gasteiger partial charge < -0.3 is 20.1 Å². The number of ether oxygens (including phenoxy) is 2. The summed E-state index contributed by atoms with van der Waals surface area (Å²) < 4.78 is 10.8. The summed E-state index contributed by atoms with van der Waals surface area (Å²) >= 11 is 0. The molecule has 1 saturated carbocycles. The Morgan fingerprint density at radius 1 is 0.967 bits per heavy atom. The SMILES string of the molecule is C[C@H](OC(=O)CNC(=O)c1ccc(Oc2ccccc2)cc1)C(=O)NC1CCCC1. The van der Waals surface area contributed by atoms with Crippen molar-refractivity contribution in [2.75, 3.05) is 6.54 Å². The third-order valence-electron chi connectivity index (χ3n) is 4.87. The van der Waals surface area contributed by atoms with E-state index in [0.717, 1.165) is 25.7 Å². The van der Waals surface area contributed by atoms with E-state index in [2.05, 4.69) is 10.6 Å². The van der Waals surface area contributed by atoms with Crippen LogP contribution in [0, 0.1) is 0 Å². The largest absolute Gasteiger partial charge is 0.457 e. The van der Waals surface area contributed by atoms with Crippen molar-refractivity contribution in [1.82, 2.24) is 10.6 Å². The molecule has 0 aromatic heterocycles. The highest BCUT2D eigenvalue weighted by Crippen LogP contribution is 2.21. The van der Waals surface area contributed by atoms with Gasteiger partial charge in [0.25, 0.3) is 11.8 Å². The number of hydrogen-bond donors (Lipinski definition) is 2. The van der Waals surface area contributed by atoms with Gasteiger partial charge in [-0.3, -0.25) is 14.4 Å². The molecular formula is C23H26N2O5. The second-order valence-electron chi connectivity index (χ2n) is 7.24. The second kappa shape index (κ2) is 10.4. The highest BCUT2D eigenvalue weighted by molar-refractivity contribution is 5.96. The van der Waals surface area contributed by atoms with Gasteiger partial charge in [0.1, 0.15) is 18.0 Å². The van der Waals surface area contributed by atoms with E-state index < -0.39 is 18.0 Å². The lowest BCUT2D eigenvalue weighted by Gasteiger charge is -2.17. The van der Waals surface area contributed by atoms with Crippen molar-refractivity contribution in [3.05, 3.63) is 60.2 Å². The van der Waals surface area contributed by atoms with Gasteiger partial charge in [-0.2, -0.15) is 0 Å². The number of nitrogens with one attached hydrogen (secondary N) is 2. The van der Waals surface area contributed by atoms with Crippen LogP contribution >= 0.6 is 0 Å². The predicted molar refractivity (Wildman–Crippen MR) is 111 cm³/mol. The number of carbonyl (C=O) groups excluding carboxylic acids is 3. The fraction of sp³-hybridized carbons (Fsp3) is 0.348. The molecule has 30 heavy (non-hydrogen) atoms. The first kappa shape index (κ1) is 21.4. The van der Waals surface area contributed by atoms with Crippen molar-refractivity contribution in [3.8, 4) is 11.5 Å². The monoisotopic (exact) mass is 410 g/mol. The summed E-state index contributed by atoms with van der Waals surface area (Å²) in [4.78, 5) is 36.3. The fourth-order valence-corrected chi connectivity index (χ4v) is 3.23. The first-order chi connectivity index (χ1) is 14.5. The Bertz CT molecular complexity index is 861. The van der Waals surface area contributed by atoms with E-state index in [1.807, 2.05) is 30.3 Å². The molecule has 158 valence electrons. The molecule has 0 saturated heterocycles. The van der Waals surface area contributed by atoms with Gasteiger partial charge in [0.2, 0.25) is 0 Å². The van der Waals surface area contributed by atoms with Crippen molar-refractivity contribution >= 4 is 17.8 Å². The summed E-state index contributed by atoms with van der Waals surface area (Å²) in [6.07, 6.45) is 3.22. The molecule has 0 spiro atoms. The van der Waals surface area contributed by atoms with Crippen molar-refractivity contribution < 1.29 is 23.9 Å². The van der Waals surface area contributed by atoms with Gasteiger partial charge >= 0.3 is 5.97 Å². The maximum absolute atomic E-state index is 12.2. The summed E-state index contributed by atoms with van der Waals surface area (Å²) in [6, 6.07) is 16.0.